The lowest BCUT2D eigenvalue weighted by molar-refractivity contribution is -0.290. The van der Waals surface area contributed by atoms with Gasteiger partial charge in [0.2, 0.25) is 0 Å². The standard InChI is InChI=1S/C12H7F5N2O/c13-11(14,12(15,16)17)9-5-4-8(7-18-9)19-6-2-1-3-10(19)20/h1-7H. The van der Waals surface area contributed by atoms with E-state index in [-0.39, 0.29) is 5.69 Å². The lowest BCUT2D eigenvalue weighted by Gasteiger charge is -2.19. The molecule has 2 aromatic rings. The molecular weight excluding hydrogens is 283 g/mol. The quantitative estimate of drug-likeness (QED) is 0.797. The van der Waals surface area contributed by atoms with Crippen molar-refractivity contribution in [3.63, 3.8) is 0 Å². The third-order valence-electron chi connectivity index (χ3n) is 2.53. The highest BCUT2D eigenvalue weighted by atomic mass is 19.4. The van der Waals surface area contributed by atoms with E-state index in [0.29, 0.717) is 6.07 Å². The van der Waals surface area contributed by atoms with Crippen molar-refractivity contribution in [2.45, 2.75) is 12.1 Å². The fourth-order valence-electron chi connectivity index (χ4n) is 1.50. The van der Waals surface area contributed by atoms with Crippen molar-refractivity contribution in [2.75, 3.05) is 0 Å². The number of alkyl halides is 5. The molecule has 8 heteroatoms. The molecule has 20 heavy (non-hydrogen) atoms. The van der Waals surface area contributed by atoms with Gasteiger partial charge in [-0.25, -0.2) is 0 Å². The van der Waals surface area contributed by atoms with Crippen molar-refractivity contribution in [1.82, 2.24) is 9.55 Å². The van der Waals surface area contributed by atoms with Crippen molar-refractivity contribution in [3.05, 3.63) is 58.8 Å². The SMILES string of the molecule is O=c1ccccn1-c1ccc(C(F)(F)C(F)(F)F)nc1. The smallest absolute Gasteiger partial charge is 0.283 e. The van der Waals surface area contributed by atoms with Crippen LogP contribution >= 0.6 is 0 Å². The van der Waals surface area contributed by atoms with E-state index in [1.807, 2.05) is 0 Å². The van der Waals surface area contributed by atoms with Gasteiger partial charge in [-0.15, -0.1) is 0 Å². The average Bonchev–Trinajstić information content (AvgIpc) is 2.38. The highest BCUT2D eigenvalue weighted by molar-refractivity contribution is 5.31. The van der Waals surface area contributed by atoms with Gasteiger partial charge < -0.3 is 0 Å². The lowest BCUT2D eigenvalue weighted by atomic mass is 10.2. The molecule has 0 aliphatic carbocycles. The second-order valence-corrected chi connectivity index (χ2v) is 3.88. The molecule has 106 valence electrons. The molecule has 0 amide bonds. The van der Waals surface area contributed by atoms with Gasteiger partial charge in [-0.2, -0.15) is 22.0 Å². The zero-order valence-corrected chi connectivity index (χ0v) is 9.73. The number of pyridine rings is 2. The van der Waals surface area contributed by atoms with Crippen molar-refractivity contribution in [1.29, 1.82) is 0 Å². The molecule has 2 aromatic heterocycles. The van der Waals surface area contributed by atoms with Crippen LogP contribution in [-0.4, -0.2) is 15.7 Å². The van der Waals surface area contributed by atoms with Crippen LogP contribution in [0.4, 0.5) is 22.0 Å². The minimum atomic E-state index is -5.72. The van der Waals surface area contributed by atoms with Gasteiger partial charge in [0.05, 0.1) is 11.9 Å². The topological polar surface area (TPSA) is 34.9 Å². The largest absolute Gasteiger partial charge is 0.459 e. The summed E-state index contributed by atoms with van der Waals surface area (Å²) in [6.45, 7) is 0. The van der Waals surface area contributed by atoms with Crippen LogP contribution in [0.5, 0.6) is 0 Å². The van der Waals surface area contributed by atoms with Gasteiger partial charge >= 0.3 is 12.1 Å². The summed E-state index contributed by atoms with van der Waals surface area (Å²) >= 11 is 0. The number of nitrogens with zero attached hydrogens (tertiary/aromatic N) is 2. The maximum absolute atomic E-state index is 13.0. The zero-order chi connectivity index (χ0) is 15.0. The first-order valence-corrected chi connectivity index (χ1v) is 5.32. The molecule has 0 radical (unpaired) electrons. The second-order valence-electron chi connectivity index (χ2n) is 3.88. The van der Waals surface area contributed by atoms with Crippen LogP contribution < -0.4 is 5.56 Å². The molecule has 2 heterocycles. The molecule has 0 bridgehead atoms. The first-order valence-electron chi connectivity index (χ1n) is 5.32. The molecule has 0 N–H and O–H groups in total. The number of hydrogen-bond donors (Lipinski definition) is 0. The molecule has 3 nitrogen and oxygen atoms in total. The van der Waals surface area contributed by atoms with E-state index in [2.05, 4.69) is 4.98 Å². The molecule has 0 spiro atoms. The minimum Gasteiger partial charge on any atom is -0.283 e. The Morgan fingerprint density at radius 1 is 1.00 bits per heavy atom. The average molecular weight is 290 g/mol. The monoisotopic (exact) mass is 290 g/mol. The first kappa shape index (κ1) is 14.2. The number of rotatable bonds is 2. The van der Waals surface area contributed by atoms with Crippen molar-refractivity contribution in [2.24, 2.45) is 0 Å². The molecule has 0 fully saturated rings. The summed E-state index contributed by atoms with van der Waals surface area (Å²) in [5.74, 6) is -5.03. The Morgan fingerprint density at radius 3 is 2.20 bits per heavy atom. The molecule has 0 aliphatic rings. The van der Waals surface area contributed by atoms with Crippen molar-refractivity contribution in [3.8, 4) is 5.69 Å². The molecule has 0 unspecified atom stereocenters. The summed E-state index contributed by atoms with van der Waals surface area (Å²) in [6.07, 6.45) is -3.58. The van der Waals surface area contributed by atoms with Crippen LogP contribution in [0.3, 0.4) is 0 Å². The maximum Gasteiger partial charge on any atom is 0.459 e. The van der Waals surface area contributed by atoms with Crippen LogP contribution in [0.15, 0.2) is 47.5 Å². The first-order chi connectivity index (χ1) is 9.23. The summed E-state index contributed by atoms with van der Waals surface area (Å²) in [4.78, 5) is 14.6. The Bertz CT molecular complexity index is 661. The third-order valence-corrected chi connectivity index (χ3v) is 2.53. The number of hydrogen-bond acceptors (Lipinski definition) is 2. The Morgan fingerprint density at radius 2 is 1.70 bits per heavy atom. The van der Waals surface area contributed by atoms with Crippen LogP contribution in [0, 0.1) is 0 Å². The van der Waals surface area contributed by atoms with E-state index >= 15 is 0 Å². The van der Waals surface area contributed by atoms with E-state index in [1.165, 1.54) is 24.4 Å². The number of aromatic nitrogens is 2. The van der Waals surface area contributed by atoms with Gasteiger partial charge in [-0.3, -0.25) is 14.3 Å². The van der Waals surface area contributed by atoms with Crippen LogP contribution in [0.1, 0.15) is 5.69 Å². The minimum absolute atomic E-state index is 0.0947. The lowest BCUT2D eigenvalue weighted by Crippen LogP contribution is -2.34. The summed E-state index contributed by atoms with van der Waals surface area (Å²) < 4.78 is 63.6. The predicted octanol–water partition coefficient (Wildman–Crippen LogP) is 2.89. The molecular formula is C12H7F5N2O. The van der Waals surface area contributed by atoms with Gasteiger partial charge in [0, 0.05) is 12.3 Å². The molecule has 0 aliphatic heterocycles. The van der Waals surface area contributed by atoms with E-state index in [0.717, 1.165) is 16.8 Å². The van der Waals surface area contributed by atoms with Gasteiger partial charge in [-0.05, 0) is 18.2 Å². The van der Waals surface area contributed by atoms with Gasteiger partial charge in [0.1, 0.15) is 5.69 Å². The van der Waals surface area contributed by atoms with E-state index < -0.39 is 23.4 Å². The predicted molar refractivity (Wildman–Crippen MR) is 59.8 cm³/mol. The molecule has 0 saturated carbocycles. The Hall–Kier alpha value is -2.25. The summed E-state index contributed by atoms with van der Waals surface area (Å²) in [6, 6.07) is 5.72. The summed E-state index contributed by atoms with van der Waals surface area (Å²) in [5, 5.41) is 0. The highest BCUT2D eigenvalue weighted by Gasteiger charge is 2.59. The maximum atomic E-state index is 13.0. The Kier molecular flexibility index (Phi) is 3.33. The fourth-order valence-corrected chi connectivity index (χ4v) is 1.50. The third kappa shape index (κ3) is 2.40. The normalized spacial score (nSPS) is 12.4. The van der Waals surface area contributed by atoms with E-state index in [4.69, 9.17) is 0 Å². The fraction of sp³-hybridized carbons (Fsp3) is 0.167. The van der Waals surface area contributed by atoms with Crippen LogP contribution in [-0.2, 0) is 5.92 Å². The van der Waals surface area contributed by atoms with E-state index in [1.54, 1.807) is 0 Å². The van der Waals surface area contributed by atoms with Gasteiger partial charge in [0.15, 0.2) is 0 Å². The summed E-state index contributed by atoms with van der Waals surface area (Å²) in [7, 11) is 0. The molecule has 2 rings (SSSR count). The van der Waals surface area contributed by atoms with Crippen LogP contribution in [0.25, 0.3) is 5.69 Å². The molecule has 0 saturated heterocycles. The highest BCUT2D eigenvalue weighted by Crippen LogP contribution is 2.42. The van der Waals surface area contributed by atoms with Gasteiger partial charge in [0.25, 0.3) is 5.56 Å². The van der Waals surface area contributed by atoms with Gasteiger partial charge in [-0.1, -0.05) is 6.07 Å². The summed E-state index contributed by atoms with van der Waals surface area (Å²) in [5.41, 5.74) is -1.78. The zero-order valence-electron chi connectivity index (χ0n) is 9.73. The van der Waals surface area contributed by atoms with E-state index in [9.17, 15) is 26.7 Å². The molecule has 0 aromatic carbocycles. The number of halogens is 5. The van der Waals surface area contributed by atoms with Crippen molar-refractivity contribution >= 4 is 0 Å². The Balaban J connectivity index is 2.42. The molecule has 0 atom stereocenters. The second kappa shape index (κ2) is 4.69. The van der Waals surface area contributed by atoms with Crippen LogP contribution in [0.2, 0.25) is 0 Å². The Labute approximate surface area is 109 Å². The van der Waals surface area contributed by atoms with Crippen molar-refractivity contribution < 1.29 is 22.0 Å².